The highest BCUT2D eigenvalue weighted by Gasteiger charge is 2.15. The van der Waals surface area contributed by atoms with Crippen LogP contribution in [0.5, 0.6) is 0 Å². The first kappa shape index (κ1) is 13.8. The Bertz CT molecular complexity index is 823. The second kappa shape index (κ2) is 5.18. The van der Waals surface area contributed by atoms with Crippen LogP contribution in [0.15, 0.2) is 47.5 Å². The normalized spacial score (nSPS) is 10.2. The number of hydrogen-bond acceptors (Lipinski definition) is 4. The van der Waals surface area contributed by atoms with E-state index in [2.05, 4.69) is 9.97 Å². The predicted octanol–water partition coefficient (Wildman–Crippen LogP) is 1.42. The molecular formula is C13H11ClN4O2. The van der Waals surface area contributed by atoms with E-state index in [0.29, 0.717) is 22.3 Å². The van der Waals surface area contributed by atoms with Crippen LogP contribution in [0.3, 0.4) is 0 Å². The SMILES string of the molecule is Cl.Nc1ccc2[nH]c(=O)n(C(=O)c3ccncc3)c2c1. The number of nitrogen functional groups attached to an aromatic ring is 1. The van der Waals surface area contributed by atoms with Gasteiger partial charge in [-0.15, -0.1) is 12.4 Å². The molecule has 7 heteroatoms. The van der Waals surface area contributed by atoms with Crippen LogP contribution in [0.1, 0.15) is 10.4 Å². The van der Waals surface area contributed by atoms with E-state index in [9.17, 15) is 9.59 Å². The van der Waals surface area contributed by atoms with Gasteiger partial charge in [-0.3, -0.25) is 9.78 Å². The Labute approximate surface area is 119 Å². The van der Waals surface area contributed by atoms with Crippen LogP contribution in [-0.4, -0.2) is 20.4 Å². The molecule has 0 aliphatic rings. The molecule has 0 unspecified atom stereocenters. The van der Waals surface area contributed by atoms with Crippen LogP contribution in [0, 0.1) is 0 Å². The van der Waals surface area contributed by atoms with Crippen LogP contribution in [-0.2, 0) is 0 Å². The van der Waals surface area contributed by atoms with Crippen molar-refractivity contribution in [1.29, 1.82) is 0 Å². The number of pyridine rings is 1. The maximum absolute atomic E-state index is 12.3. The van der Waals surface area contributed by atoms with E-state index in [1.54, 1.807) is 30.3 Å². The summed E-state index contributed by atoms with van der Waals surface area (Å²) in [7, 11) is 0. The van der Waals surface area contributed by atoms with Crippen LogP contribution >= 0.6 is 12.4 Å². The minimum Gasteiger partial charge on any atom is -0.399 e. The van der Waals surface area contributed by atoms with Crippen molar-refractivity contribution < 1.29 is 4.79 Å². The van der Waals surface area contributed by atoms with Gasteiger partial charge in [0.1, 0.15) is 0 Å². The van der Waals surface area contributed by atoms with Crippen LogP contribution < -0.4 is 11.4 Å². The number of benzene rings is 1. The van der Waals surface area contributed by atoms with E-state index in [-0.39, 0.29) is 12.4 Å². The van der Waals surface area contributed by atoms with Crippen molar-refractivity contribution in [3.63, 3.8) is 0 Å². The average Bonchev–Trinajstić information content (AvgIpc) is 2.74. The molecule has 2 aromatic heterocycles. The molecule has 6 nitrogen and oxygen atoms in total. The topological polar surface area (TPSA) is 93.8 Å². The number of carbonyl (C=O) groups is 1. The highest BCUT2D eigenvalue weighted by atomic mass is 35.5. The van der Waals surface area contributed by atoms with E-state index < -0.39 is 11.6 Å². The Hall–Kier alpha value is -2.60. The maximum Gasteiger partial charge on any atom is 0.333 e. The second-order valence-corrected chi connectivity index (χ2v) is 4.08. The van der Waals surface area contributed by atoms with Crippen LogP contribution in [0.2, 0.25) is 0 Å². The molecule has 3 aromatic rings. The van der Waals surface area contributed by atoms with Gasteiger partial charge in [0.15, 0.2) is 0 Å². The molecule has 0 fully saturated rings. The van der Waals surface area contributed by atoms with Crippen molar-refractivity contribution in [3.8, 4) is 0 Å². The molecule has 2 heterocycles. The molecule has 0 bridgehead atoms. The van der Waals surface area contributed by atoms with Gasteiger partial charge in [0.05, 0.1) is 11.0 Å². The highest BCUT2D eigenvalue weighted by Crippen LogP contribution is 2.15. The van der Waals surface area contributed by atoms with E-state index in [1.807, 2.05) is 0 Å². The molecule has 0 saturated carbocycles. The molecule has 0 spiro atoms. The van der Waals surface area contributed by atoms with E-state index in [0.717, 1.165) is 4.57 Å². The third-order valence-corrected chi connectivity index (χ3v) is 2.84. The Kier molecular flexibility index (Phi) is 3.58. The second-order valence-electron chi connectivity index (χ2n) is 4.08. The lowest BCUT2D eigenvalue weighted by molar-refractivity contribution is 0.0961. The lowest BCUT2D eigenvalue weighted by Gasteiger charge is -2.02. The van der Waals surface area contributed by atoms with Gasteiger partial charge in [0, 0.05) is 23.6 Å². The number of nitrogens with zero attached hydrogens (tertiary/aromatic N) is 2. The molecule has 0 aliphatic heterocycles. The number of hydrogen-bond donors (Lipinski definition) is 2. The zero-order chi connectivity index (χ0) is 13.4. The molecule has 102 valence electrons. The Morgan fingerprint density at radius 3 is 2.60 bits per heavy atom. The molecule has 1 aromatic carbocycles. The number of fused-ring (bicyclic) bond motifs is 1. The fourth-order valence-corrected chi connectivity index (χ4v) is 1.95. The van der Waals surface area contributed by atoms with Gasteiger partial charge in [-0.2, -0.15) is 0 Å². The molecule has 20 heavy (non-hydrogen) atoms. The monoisotopic (exact) mass is 290 g/mol. The molecule has 0 saturated heterocycles. The van der Waals surface area contributed by atoms with Crippen molar-refractivity contribution in [2.45, 2.75) is 0 Å². The maximum atomic E-state index is 12.3. The van der Waals surface area contributed by atoms with Crippen molar-refractivity contribution in [2.24, 2.45) is 0 Å². The molecule has 3 N–H and O–H groups in total. The number of imidazole rings is 1. The largest absolute Gasteiger partial charge is 0.399 e. The van der Waals surface area contributed by atoms with Gasteiger partial charge in [0.2, 0.25) is 0 Å². The number of anilines is 1. The first-order chi connectivity index (χ1) is 9.16. The average molecular weight is 291 g/mol. The van der Waals surface area contributed by atoms with Crippen molar-refractivity contribution >= 4 is 35.0 Å². The van der Waals surface area contributed by atoms with E-state index >= 15 is 0 Å². The Balaban J connectivity index is 0.00000147. The molecule has 0 aliphatic carbocycles. The van der Waals surface area contributed by atoms with Gasteiger partial charge < -0.3 is 10.7 Å². The number of halogens is 1. The summed E-state index contributed by atoms with van der Waals surface area (Å²) in [6.07, 6.45) is 3.00. The van der Waals surface area contributed by atoms with E-state index in [4.69, 9.17) is 5.73 Å². The molecule has 0 amide bonds. The van der Waals surface area contributed by atoms with Gasteiger partial charge in [-0.25, -0.2) is 9.36 Å². The summed E-state index contributed by atoms with van der Waals surface area (Å²) >= 11 is 0. The number of H-pyrrole nitrogens is 1. The van der Waals surface area contributed by atoms with Crippen molar-refractivity contribution in [1.82, 2.24) is 14.5 Å². The summed E-state index contributed by atoms with van der Waals surface area (Å²) in [5.74, 6) is -0.413. The van der Waals surface area contributed by atoms with Crippen LogP contribution in [0.4, 0.5) is 5.69 Å². The molecule has 0 radical (unpaired) electrons. The number of nitrogens with two attached hydrogens (primary N) is 1. The first-order valence-electron chi connectivity index (χ1n) is 5.62. The zero-order valence-electron chi connectivity index (χ0n) is 10.2. The standard InChI is InChI=1S/C13H10N4O2.ClH/c14-9-1-2-10-11(7-9)17(13(19)16-10)12(18)8-3-5-15-6-4-8;/h1-7H,14H2,(H,16,19);1H. The summed E-state index contributed by atoms with van der Waals surface area (Å²) in [6.45, 7) is 0. The zero-order valence-corrected chi connectivity index (χ0v) is 11.1. The van der Waals surface area contributed by atoms with Gasteiger partial charge in [-0.1, -0.05) is 0 Å². The first-order valence-corrected chi connectivity index (χ1v) is 5.62. The third kappa shape index (κ3) is 2.17. The predicted molar refractivity (Wildman–Crippen MR) is 78.2 cm³/mol. The number of carbonyl (C=O) groups excluding carboxylic acids is 1. The lowest BCUT2D eigenvalue weighted by atomic mass is 10.2. The quantitative estimate of drug-likeness (QED) is 0.663. The van der Waals surface area contributed by atoms with Gasteiger partial charge in [-0.05, 0) is 30.3 Å². The Morgan fingerprint density at radius 2 is 1.90 bits per heavy atom. The molecule has 3 rings (SSSR count). The van der Waals surface area contributed by atoms with Gasteiger partial charge >= 0.3 is 5.69 Å². The van der Waals surface area contributed by atoms with E-state index in [1.165, 1.54) is 12.4 Å². The summed E-state index contributed by atoms with van der Waals surface area (Å²) in [6, 6.07) is 8.04. The molecule has 0 atom stereocenters. The summed E-state index contributed by atoms with van der Waals surface area (Å²) < 4.78 is 1.07. The third-order valence-electron chi connectivity index (χ3n) is 2.84. The molecular weight excluding hydrogens is 280 g/mol. The minimum atomic E-state index is -0.484. The summed E-state index contributed by atoms with van der Waals surface area (Å²) in [5.41, 5.74) is 7.12. The van der Waals surface area contributed by atoms with Gasteiger partial charge in [0.25, 0.3) is 5.91 Å². The number of rotatable bonds is 1. The number of aromatic nitrogens is 3. The Morgan fingerprint density at radius 1 is 1.20 bits per heavy atom. The highest BCUT2D eigenvalue weighted by molar-refractivity contribution is 6.01. The minimum absolute atomic E-state index is 0. The number of aromatic amines is 1. The lowest BCUT2D eigenvalue weighted by Crippen LogP contribution is -2.24. The van der Waals surface area contributed by atoms with Crippen molar-refractivity contribution in [2.75, 3.05) is 5.73 Å². The van der Waals surface area contributed by atoms with Crippen LogP contribution in [0.25, 0.3) is 11.0 Å². The fourth-order valence-electron chi connectivity index (χ4n) is 1.95. The summed E-state index contributed by atoms with van der Waals surface area (Å²) in [4.78, 5) is 30.7. The number of nitrogens with one attached hydrogen (secondary N) is 1. The van der Waals surface area contributed by atoms with Crippen molar-refractivity contribution in [3.05, 3.63) is 58.8 Å². The fraction of sp³-hybridized carbons (Fsp3) is 0. The summed E-state index contributed by atoms with van der Waals surface area (Å²) in [5, 5.41) is 0. The smallest absolute Gasteiger partial charge is 0.333 e.